The normalized spacial score (nSPS) is 14.6. The number of hydrogen-bond acceptors (Lipinski definition) is 4. The van der Waals surface area contributed by atoms with Gasteiger partial charge in [-0.15, -0.1) is 0 Å². The Labute approximate surface area is 113 Å². The van der Waals surface area contributed by atoms with Crippen LogP contribution in [0, 0.1) is 13.8 Å². The van der Waals surface area contributed by atoms with Gasteiger partial charge in [0, 0.05) is 25.3 Å². The molecule has 0 spiro atoms. The molecule has 4 nitrogen and oxygen atoms in total. The minimum atomic E-state index is 0.370. The second-order valence-corrected chi connectivity index (χ2v) is 5.15. The molecule has 0 amide bonds. The number of fused-ring (bicyclic) bond motifs is 1. The van der Waals surface area contributed by atoms with Crippen LogP contribution in [0.5, 0.6) is 0 Å². The lowest BCUT2D eigenvalue weighted by Gasteiger charge is -2.16. The maximum atomic E-state index is 5.75. The van der Waals surface area contributed by atoms with Gasteiger partial charge in [0.2, 0.25) is 5.95 Å². The number of hydrogen-bond donors (Lipinski definition) is 1. The molecule has 0 aliphatic carbocycles. The summed E-state index contributed by atoms with van der Waals surface area (Å²) in [5.41, 5.74) is 11.7. The van der Waals surface area contributed by atoms with Crippen LogP contribution < -0.4 is 5.73 Å². The van der Waals surface area contributed by atoms with E-state index in [2.05, 4.69) is 46.1 Å². The average Bonchev–Trinajstić information content (AvgIpc) is 2.77. The van der Waals surface area contributed by atoms with E-state index < -0.39 is 0 Å². The van der Waals surface area contributed by atoms with E-state index in [1.54, 1.807) is 0 Å². The van der Waals surface area contributed by atoms with Crippen LogP contribution in [0.1, 0.15) is 28.1 Å². The molecule has 2 heterocycles. The summed E-state index contributed by atoms with van der Waals surface area (Å²) < 4.78 is 0. The summed E-state index contributed by atoms with van der Waals surface area (Å²) in [7, 11) is 0. The number of nitrogens with zero attached hydrogens (tertiary/aromatic N) is 3. The van der Waals surface area contributed by atoms with Crippen molar-refractivity contribution in [2.45, 2.75) is 33.5 Å². The van der Waals surface area contributed by atoms with Crippen LogP contribution in [-0.2, 0) is 19.6 Å². The fraction of sp³-hybridized carbons (Fsp3) is 0.333. The van der Waals surface area contributed by atoms with Gasteiger partial charge in [0.1, 0.15) is 0 Å². The van der Waals surface area contributed by atoms with Crippen LogP contribution in [0.15, 0.2) is 24.3 Å². The molecule has 0 unspecified atom stereocenters. The predicted octanol–water partition coefficient (Wildman–Crippen LogP) is 2.19. The molecule has 2 N–H and O–H groups in total. The molecule has 0 radical (unpaired) electrons. The van der Waals surface area contributed by atoms with E-state index in [-0.39, 0.29) is 0 Å². The molecule has 3 rings (SSSR count). The molecule has 0 atom stereocenters. The lowest BCUT2D eigenvalue weighted by atomic mass is 10.1. The molecular weight excluding hydrogens is 236 g/mol. The van der Waals surface area contributed by atoms with E-state index in [1.165, 1.54) is 11.1 Å². The molecule has 0 bridgehead atoms. The molecule has 0 saturated heterocycles. The Hall–Kier alpha value is -1.94. The van der Waals surface area contributed by atoms with Gasteiger partial charge >= 0.3 is 0 Å². The van der Waals surface area contributed by atoms with Gasteiger partial charge in [-0.3, -0.25) is 4.90 Å². The summed E-state index contributed by atoms with van der Waals surface area (Å²) in [6.45, 7) is 6.84. The lowest BCUT2D eigenvalue weighted by Crippen LogP contribution is -2.18. The zero-order valence-electron chi connectivity index (χ0n) is 11.3. The summed E-state index contributed by atoms with van der Waals surface area (Å²) in [5, 5.41) is 0. The largest absolute Gasteiger partial charge is 0.368 e. The summed E-state index contributed by atoms with van der Waals surface area (Å²) in [6.07, 6.45) is 0. The van der Waals surface area contributed by atoms with Gasteiger partial charge in [0.25, 0.3) is 0 Å². The first-order chi connectivity index (χ1) is 9.13. The Balaban J connectivity index is 1.81. The van der Waals surface area contributed by atoms with Crippen LogP contribution in [0.4, 0.5) is 5.95 Å². The predicted molar refractivity (Wildman–Crippen MR) is 75.3 cm³/mol. The first-order valence-corrected chi connectivity index (χ1v) is 6.52. The first kappa shape index (κ1) is 12.1. The summed E-state index contributed by atoms with van der Waals surface area (Å²) >= 11 is 0. The zero-order chi connectivity index (χ0) is 13.4. The summed E-state index contributed by atoms with van der Waals surface area (Å²) in [6, 6.07) is 8.59. The minimum absolute atomic E-state index is 0.370. The molecule has 4 heteroatoms. The number of nitrogens with two attached hydrogens (primary N) is 1. The van der Waals surface area contributed by atoms with E-state index in [9.17, 15) is 0 Å². The number of aromatic nitrogens is 2. The summed E-state index contributed by atoms with van der Waals surface area (Å²) in [5.74, 6) is 0.370. The Morgan fingerprint density at radius 2 is 1.74 bits per heavy atom. The van der Waals surface area contributed by atoms with Crippen LogP contribution in [0.3, 0.4) is 0 Å². The van der Waals surface area contributed by atoms with Gasteiger partial charge in [-0.25, -0.2) is 9.97 Å². The first-order valence-electron chi connectivity index (χ1n) is 6.52. The van der Waals surface area contributed by atoms with Crippen molar-refractivity contribution in [3.63, 3.8) is 0 Å². The van der Waals surface area contributed by atoms with Crippen molar-refractivity contribution in [2.24, 2.45) is 0 Å². The van der Waals surface area contributed by atoms with Crippen molar-refractivity contribution in [3.8, 4) is 0 Å². The second kappa shape index (κ2) is 4.63. The highest BCUT2D eigenvalue weighted by Crippen LogP contribution is 2.24. The Morgan fingerprint density at radius 1 is 1.11 bits per heavy atom. The van der Waals surface area contributed by atoms with Crippen molar-refractivity contribution in [1.29, 1.82) is 0 Å². The molecular formula is C15H18N4. The highest BCUT2D eigenvalue weighted by Gasteiger charge is 2.19. The third-order valence-corrected chi connectivity index (χ3v) is 3.79. The van der Waals surface area contributed by atoms with Gasteiger partial charge in [0.15, 0.2) is 0 Å². The summed E-state index contributed by atoms with van der Waals surface area (Å²) in [4.78, 5) is 11.0. The molecule has 0 saturated carbocycles. The minimum Gasteiger partial charge on any atom is -0.368 e. The Morgan fingerprint density at radius 3 is 2.37 bits per heavy atom. The van der Waals surface area contributed by atoms with Crippen molar-refractivity contribution in [2.75, 3.05) is 5.73 Å². The third kappa shape index (κ3) is 2.31. The van der Waals surface area contributed by atoms with E-state index in [4.69, 9.17) is 5.73 Å². The van der Waals surface area contributed by atoms with E-state index >= 15 is 0 Å². The van der Waals surface area contributed by atoms with Crippen molar-refractivity contribution in [1.82, 2.24) is 14.9 Å². The molecule has 1 aliphatic heterocycles. The molecule has 1 aromatic heterocycles. The van der Waals surface area contributed by atoms with Gasteiger partial charge in [-0.2, -0.15) is 0 Å². The van der Waals surface area contributed by atoms with E-state index in [1.807, 2.05) is 6.92 Å². The van der Waals surface area contributed by atoms with Gasteiger partial charge in [0.05, 0.1) is 5.69 Å². The molecule has 1 aromatic carbocycles. The standard InChI is InChI=1S/C15H18N4/c1-10-11(2)17-15(16)18-14(10)9-19-7-12-5-3-4-6-13(12)8-19/h3-6H,7-9H2,1-2H3,(H2,16,17,18). The number of rotatable bonds is 2. The van der Waals surface area contributed by atoms with Crippen LogP contribution in [0.2, 0.25) is 0 Å². The Bertz CT molecular complexity index is 597. The zero-order valence-corrected chi connectivity index (χ0v) is 11.3. The van der Waals surface area contributed by atoms with Gasteiger partial charge in [-0.05, 0) is 30.5 Å². The molecule has 0 fully saturated rings. The van der Waals surface area contributed by atoms with Gasteiger partial charge in [-0.1, -0.05) is 24.3 Å². The van der Waals surface area contributed by atoms with E-state index in [0.29, 0.717) is 5.95 Å². The Kier molecular flexibility index (Phi) is 2.95. The van der Waals surface area contributed by atoms with E-state index in [0.717, 1.165) is 36.6 Å². The third-order valence-electron chi connectivity index (χ3n) is 3.79. The fourth-order valence-corrected chi connectivity index (χ4v) is 2.59. The number of anilines is 1. The molecule has 98 valence electrons. The quantitative estimate of drug-likeness (QED) is 0.892. The second-order valence-electron chi connectivity index (χ2n) is 5.15. The fourth-order valence-electron chi connectivity index (χ4n) is 2.59. The maximum Gasteiger partial charge on any atom is 0.220 e. The van der Waals surface area contributed by atoms with Crippen molar-refractivity contribution >= 4 is 5.95 Å². The monoisotopic (exact) mass is 254 g/mol. The average molecular weight is 254 g/mol. The van der Waals surface area contributed by atoms with Crippen LogP contribution in [0.25, 0.3) is 0 Å². The SMILES string of the molecule is Cc1nc(N)nc(CN2Cc3ccccc3C2)c1C. The lowest BCUT2D eigenvalue weighted by molar-refractivity contribution is 0.271. The van der Waals surface area contributed by atoms with Gasteiger partial charge < -0.3 is 5.73 Å². The van der Waals surface area contributed by atoms with Crippen LogP contribution in [-0.4, -0.2) is 14.9 Å². The highest BCUT2D eigenvalue weighted by atomic mass is 15.2. The molecule has 19 heavy (non-hydrogen) atoms. The molecule has 2 aromatic rings. The molecule has 1 aliphatic rings. The smallest absolute Gasteiger partial charge is 0.220 e. The number of benzene rings is 1. The van der Waals surface area contributed by atoms with Crippen molar-refractivity contribution in [3.05, 3.63) is 52.3 Å². The van der Waals surface area contributed by atoms with Crippen molar-refractivity contribution < 1.29 is 0 Å². The topological polar surface area (TPSA) is 55.0 Å². The maximum absolute atomic E-state index is 5.75. The van der Waals surface area contributed by atoms with Crippen LogP contribution >= 0.6 is 0 Å². The number of nitrogen functional groups attached to an aromatic ring is 1. The number of aryl methyl sites for hydroxylation is 1. The highest BCUT2D eigenvalue weighted by molar-refractivity contribution is 5.32.